The van der Waals surface area contributed by atoms with Crippen LogP contribution in [0, 0.1) is 0 Å². The van der Waals surface area contributed by atoms with Crippen molar-refractivity contribution in [3.8, 4) is 0 Å². The predicted molar refractivity (Wildman–Crippen MR) is 125 cm³/mol. The lowest BCUT2D eigenvalue weighted by atomic mass is 10.2. The van der Waals surface area contributed by atoms with Crippen LogP contribution >= 0.6 is 23.4 Å². The average molecular weight is 444 g/mol. The van der Waals surface area contributed by atoms with Gasteiger partial charge in [0.05, 0.1) is 10.6 Å². The average Bonchev–Trinajstić information content (AvgIpc) is 2.74. The number of thioether (sulfide) groups is 1. The van der Waals surface area contributed by atoms with Crippen molar-refractivity contribution in [1.82, 2.24) is 10.2 Å². The SMILES string of the molecule is CCN(CC)CCNC(=O)CN1C(=O)/C(=C/c2cccc(Cl)c2)Sc2ccccc21. The van der Waals surface area contributed by atoms with Crippen LogP contribution in [0.1, 0.15) is 19.4 Å². The van der Waals surface area contributed by atoms with Gasteiger partial charge in [0.25, 0.3) is 5.91 Å². The first-order valence-electron chi connectivity index (χ1n) is 10.1. The fraction of sp³-hybridized carbons (Fsp3) is 0.304. The third-order valence-corrected chi connectivity index (χ3v) is 6.24. The van der Waals surface area contributed by atoms with Crippen LogP contribution in [0.5, 0.6) is 0 Å². The van der Waals surface area contributed by atoms with Gasteiger partial charge >= 0.3 is 0 Å². The summed E-state index contributed by atoms with van der Waals surface area (Å²) >= 11 is 7.49. The molecule has 1 N–H and O–H groups in total. The first-order valence-corrected chi connectivity index (χ1v) is 11.3. The zero-order valence-electron chi connectivity index (χ0n) is 17.2. The molecule has 2 aromatic carbocycles. The molecule has 0 saturated heterocycles. The van der Waals surface area contributed by atoms with E-state index >= 15 is 0 Å². The number of hydrogen-bond donors (Lipinski definition) is 1. The summed E-state index contributed by atoms with van der Waals surface area (Å²) in [7, 11) is 0. The molecule has 0 unspecified atom stereocenters. The normalized spacial score (nSPS) is 14.9. The number of likely N-dealkylation sites (N-methyl/N-ethyl adjacent to an activating group) is 1. The van der Waals surface area contributed by atoms with Crippen LogP contribution in [-0.4, -0.2) is 49.4 Å². The molecule has 2 amide bonds. The zero-order valence-corrected chi connectivity index (χ0v) is 18.8. The van der Waals surface area contributed by atoms with Gasteiger partial charge in [-0.3, -0.25) is 14.5 Å². The lowest BCUT2D eigenvalue weighted by molar-refractivity contribution is -0.122. The lowest BCUT2D eigenvalue weighted by Gasteiger charge is -2.30. The number of carbonyl (C=O) groups is 2. The van der Waals surface area contributed by atoms with Gasteiger partial charge in [0, 0.05) is 23.0 Å². The molecule has 0 aromatic heterocycles. The van der Waals surface area contributed by atoms with E-state index in [1.807, 2.05) is 48.5 Å². The Hall–Kier alpha value is -2.28. The fourth-order valence-electron chi connectivity index (χ4n) is 3.26. The Kier molecular flexibility index (Phi) is 7.96. The fourth-order valence-corrected chi connectivity index (χ4v) is 4.52. The number of fused-ring (bicyclic) bond motifs is 1. The second-order valence-electron chi connectivity index (χ2n) is 6.90. The molecule has 0 saturated carbocycles. The smallest absolute Gasteiger partial charge is 0.265 e. The number of anilines is 1. The number of amides is 2. The summed E-state index contributed by atoms with van der Waals surface area (Å²) in [4.78, 5) is 31.1. The quantitative estimate of drug-likeness (QED) is 0.619. The molecule has 158 valence electrons. The van der Waals surface area contributed by atoms with Gasteiger partial charge in [-0.1, -0.05) is 61.5 Å². The van der Waals surface area contributed by atoms with E-state index in [0.29, 0.717) is 16.5 Å². The minimum Gasteiger partial charge on any atom is -0.353 e. The van der Waals surface area contributed by atoms with Crippen molar-refractivity contribution in [3.05, 3.63) is 64.0 Å². The molecule has 0 spiro atoms. The van der Waals surface area contributed by atoms with Crippen LogP contribution in [0.15, 0.2) is 58.3 Å². The second kappa shape index (κ2) is 10.7. The van der Waals surface area contributed by atoms with Crippen molar-refractivity contribution in [2.24, 2.45) is 0 Å². The number of nitrogens with zero attached hydrogens (tertiary/aromatic N) is 2. The van der Waals surface area contributed by atoms with E-state index in [9.17, 15) is 9.59 Å². The Morgan fingerprint density at radius 2 is 1.93 bits per heavy atom. The topological polar surface area (TPSA) is 52.7 Å². The number of carbonyl (C=O) groups excluding carboxylic acids is 2. The first-order chi connectivity index (χ1) is 14.5. The van der Waals surface area contributed by atoms with E-state index in [1.54, 1.807) is 11.0 Å². The largest absolute Gasteiger partial charge is 0.353 e. The maximum atomic E-state index is 13.2. The molecule has 1 aliphatic rings. The van der Waals surface area contributed by atoms with Crippen molar-refractivity contribution in [2.75, 3.05) is 37.6 Å². The highest BCUT2D eigenvalue weighted by atomic mass is 35.5. The molecule has 2 aromatic rings. The lowest BCUT2D eigenvalue weighted by Crippen LogP contribution is -2.44. The van der Waals surface area contributed by atoms with E-state index in [4.69, 9.17) is 11.6 Å². The van der Waals surface area contributed by atoms with Crippen LogP contribution in [0.25, 0.3) is 6.08 Å². The molecule has 1 heterocycles. The van der Waals surface area contributed by atoms with E-state index in [0.717, 1.165) is 35.8 Å². The second-order valence-corrected chi connectivity index (χ2v) is 8.42. The molecule has 30 heavy (non-hydrogen) atoms. The number of para-hydroxylation sites is 1. The molecule has 0 aliphatic carbocycles. The predicted octanol–water partition coefficient (Wildman–Crippen LogP) is 4.28. The summed E-state index contributed by atoms with van der Waals surface area (Å²) < 4.78 is 0. The van der Waals surface area contributed by atoms with Crippen molar-refractivity contribution < 1.29 is 9.59 Å². The number of rotatable bonds is 8. The third-order valence-electron chi connectivity index (χ3n) is 4.92. The zero-order chi connectivity index (χ0) is 21.5. The summed E-state index contributed by atoms with van der Waals surface area (Å²) in [5, 5.41) is 3.55. The van der Waals surface area contributed by atoms with Crippen molar-refractivity contribution in [1.29, 1.82) is 0 Å². The number of nitrogens with one attached hydrogen (secondary N) is 1. The first kappa shape index (κ1) is 22.4. The Bertz CT molecular complexity index is 944. The van der Waals surface area contributed by atoms with Crippen LogP contribution in [-0.2, 0) is 9.59 Å². The van der Waals surface area contributed by atoms with Gasteiger partial charge in [0.2, 0.25) is 5.91 Å². The van der Waals surface area contributed by atoms with Gasteiger partial charge in [-0.25, -0.2) is 0 Å². The Balaban J connectivity index is 1.77. The van der Waals surface area contributed by atoms with Gasteiger partial charge in [0.1, 0.15) is 6.54 Å². The summed E-state index contributed by atoms with van der Waals surface area (Å²) in [6.45, 7) is 7.42. The van der Waals surface area contributed by atoms with Crippen LogP contribution in [0.2, 0.25) is 5.02 Å². The van der Waals surface area contributed by atoms with Crippen molar-refractivity contribution in [2.45, 2.75) is 18.7 Å². The van der Waals surface area contributed by atoms with Crippen LogP contribution < -0.4 is 10.2 Å². The number of halogens is 1. The molecule has 0 bridgehead atoms. The Labute approximate surface area is 187 Å². The van der Waals surface area contributed by atoms with Crippen LogP contribution in [0.4, 0.5) is 5.69 Å². The summed E-state index contributed by atoms with van der Waals surface area (Å²) in [5.74, 6) is -0.350. The highest BCUT2D eigenvalue weighted by Crippen LogP contribution is 2.41. The highest BCUT2D eigenvalue weighted by Gasteiger charge is 2.30. The third kappa shape index (κ3) is 5.65. The Morgan fingerprint density at radius 1 is 1.17 bits per heavy atom. The molecular weight excluding hydrogens is 418 g/mol. The Morgan fingerprint density at radius 3 is 2.67 bits per heavy atom. The number of hydrogen-bond acceptors (Lipinski definition) is 4. The minimum atomic E-state index is -0.183. The summed E-state index contributed by atoms with van der Waals surface area (Å²) in [5.41, 5.74) is 1.61. The van der Waals surface area contributed by atoms with Gasteiger partial charge in [-0.15, -0.1) is 0 Å². The summed E-state index contributed by atoms with van der Waals surface area (Å²) in [6.07, 6.45) is 1.82. The van der Waals surface area contributed by atoms with Crippen molar-refractivity contribution in [3.63, 3.8) is 0 Å². The van der Waals surface area contributed by atoms with E-state index in [1.165, 1.54) is 11.8 Å². The molecular formula is C23H26ClN3O2S. The van der Waals surface area contributed by atoms with Gasteiger partial charge < -0.3 is 10.2 Å². The van der Waals surface area contributed by atoms with Crippen molar-refractivity contribution >= 4 is 46.9 Å². The molecule has 5 nitrogen and oxygen atoms in total. The maximum absolute atomic E-state index is 13.2. The van der Waals surface area contributed by atoms with Crippen LogP contribution in [0.3, 0.4) is 0 Å². The van der Waals surface area contributed by atoms with Gasteiger partial charge in [-0.05, 0) is 49.0 Å². The molecule has 0 atom stereocenters. The maximum Gasteiger partial charge on any atom is 0.265 e. The molecule has 1 aliphatic heterocycles. The molecule has 7 heteroatoms. The summed E-state index contributed by atoms with van der Waals surface area (Å²) in [6, 6.07) is 15.0. The highest BCUT2D eigenvalue weighted by molar-refractivity contribution is 8.04. The van der Waals surface area contributed by atoms with E-state index in [2.05, 4.69) is 24.1 Å². The monoisotopic (exact) mass is 443 g/mol. The standard InChI is InChI=1S/C23H26ClN3O2S/c1-3-26(4-2)13-12-25-22(28)16-27-19-10-5-6-11-20(19)30-21(23(27)29)15-17-8-7-9-18(24)14-17/h5-11,14-15H,3-4,12-13,16H2,1-2H3,(H,25,28)/b21-15-. The molecule has 0 radical (unpaired) electrons. The van der Waals surface area contributed by atoms with Gasteiger partial charge in [0.15, 0.2) is 0 Å². The van der Waals surface area contributed by atoms with E-state index in [-0.39, 0.29) is 18.4 Å². The number of benzene rings is 2. The minimum absolute atomic E-state index is 0.0124. The molecule has 3 rings (SSSR count). The van der Waals surface area contributed by atoms with Gasteiger partial charge in [-0.2, -0.15) is 0 Å². The molecule has 0 fully saturated rings. The van der Waals surface area contributed by atoms with E-state index < -0.39 is 0 Å².